The molecule has 0 fully saturated rings. The van der Waals surface area contributed by atoms with E-state index in [0.29, 0.717) is 0 Å². The normalized spacial score (nSPS) is 10.3. The number of benzene rings is 1. The van der Waals surface area contributed by atoms with Gasteiger partial charge in [0.25, 0.3) is 0 Å². The number of ether oxygens (including phenoxy) is 2. The molecule has 1 aromatic carbocycles. The van der Waals surface area contributed by atoms with Crippen LogP contribution in [0.4, 0.5) is 8.78 Å². The average Bonchev–Trinajstić information content (AvgIpc) is 2.16. The van der Waals surface area contributed by atoms with Gasteiger partial charge >= 0.3 is 7.12 Å². The maximum atomic E-state index is 13.2. The minimum atomic E-state index is -2.19. The fraction of sp³-hybridized carbons (Fsp3) is 0.333. The molecule has 7 heteroatoms. The summed E-state index contributed by atoms with van der Waals surface area (Å²) in [5.41, 5.74) is -0.793. The van der Waals surface area contributed by atoms with Crippen LogP contribution in [-0.2, 0) is 4.74 Å². The highest BCUT2D eigenvalue weighted by Crippen LogP contribution is 2.14. The van der Waals surface area contributed by atoms with Gasteiger partial charge in [-0.25, -0.2) is 8.78 Å². The SMILES string of the molecule is COCCOc1cc(F)c(B(O)O)c(F)c1. The van der Waals surface area contributed by atoms with E-state index in [4.69, 9.17) is 19.5 Å². The van der Waals surface area contributed by atoms with Crippen molar-refractivity contribution in [3.8, 4) is 5.75 Å². The highest BCUT2D eigenvalue weighted by Gasteiger charge is 2.22. The predicted molar refractivity (Wildman–Crippen MR) is 53.6 cm³/mol. The van der Waals surface area contributed by atoms with Gasteiger partial charge in [0.2, 0.25) is 0 Å². The molecule has 2 N–H and O–H groups in total. The number of hydrogen-bond acceptors (Lipinski definition) is 4. The first kappa shape index (κ1) is 12.9. The largest absolute Gasteiger partial charge is 0.494 e. The van der Waals surface area contributed by atoms with Crippen LogP contribution in [0.5, 0.6) is 5.75 Å². The fourth-order valence-corrected chi connectivity index (χ4v) is 1.13. The van der Waals surface area contributed by atoms with Crippen molar-refractivity contribution in [1.82, 2.24) is 0 Å². The molecule has 0 atom stereocenters. The van der Waals surface area contributed by atoms with Crippen LogP contribution in [0, 0.1) is 11.6 Å². The van der Waals surface area contributed by atoms with Gasteiger partial charge in [0.05, 0.1) is 12.1 Å². The molecule has 1 rings (SSSR count). The minimum absolute atomic E-state index is 0.0311. The van der Waals surface area contributed by atoms with Gasteiger partial charge in [0.1, 0.15) is 24.0 Å². The van der Waals surface area contributed by atoms with Crippen LogP contribution in [0.1, 0.15) is 0 Å². The van der Waals surface area contributed by atoms with E-state index in [0.717, 1.165) is 12.1 Å². The number of hydrogen-bond donors (Lipinski definition) is 2. The molecule has 0 bridgehead atoms. The second kappa shape index (κ2) is 5.79. The lowest BCUT2D eigenvalue weighted by atomic mass is 9.79. The van der Waals surface area contributed by atoms with Crippen molar-refractivity contribution in [1.29, 1.82) is 0 Å². The van der Waals surface area contributed by atoms with Crippen molar-refractivity contribution in [2.75, 3.05) is 20.3 Å². The van der Waals surface area contributed by atoms with Gasteiger partial charge in [0.15, 0.2) is 0 Å². The van der Waals surface area contributed by atoms with E-state index >= 15 is 0 Å². The lowest BCUT2D eigenvalue weighted by molar-refractivity contribution is 0.146. The molecule has 0 aliphatic rings. The Morgan fingerprint density at radius 1 is 1.19 bits per heavy atom. The molecule has 0 saturated carbocycles. The third-order valence-corrected chi connectivity index (χ3v) is 1.87. The minimum Gasteiger partial charge on any atom is -0.491 e. The Morgan fingerprint density at radius 3 is 2.19 bits per heavy atom. The van der Waals surface area contributed by atoms with E-state index in [-0.39, 0.29) is 19.0 Å². The second-order valence-electron chi connectivity index (χ2n) is 3.02. The van der Waals surface area contributed by atoms with Crippen LogP contribution < -0.4 is 10.2 Å². The van der Waals surface area contributed by atoms with E-state index in [1.807, 2.05) is 0 Å². The van der Waals surface area contributed by atoms with E-state index in [2.05, 4.69) is 0 Å². The highest BCUT2D eigenvalue weighted by molar-refractivity contribution is 6.58. The van der Waals surface area contributed by atoms with Gasteiger partial charge in [-0.1, -0.05) is 0 Å². The monoisotopic (exact) mass is 232 g/mol. The first-order valence-electron chi connectivity index (χ1n) is 4.53. The molecule has 0 aliphatic carbocycles. The predicted octanol–water partition coefficient (Wildman–Crippen LogP) is -0.330. The number of methoxy groups -OCH3 is 1. The van der Waals surface area contributed by atoms with Gasteiger partial charge in [0, 0.05) is 19.2 Å². The Kier molecular flexibility index (Phi) is 4.66. The Labute approximate surface area is 91.6 Å². The summed E-state index contributed by atoms with van der Waals surface area (Å²) < 4.78 is 36.1. The molecule has 4 nitrogen and oxygen atoms in total. The van der Waals surface area contributed by atoms with Gasteiger partial charge < -0.3 is 19.5 Å². The smallest absolute Gasteiger partial charge is 0.491 e. The summed E-state index contributed by atoms with van der Waals surface area (Å²) in [5, 5.41) is 17.4. The molecule has 16 heavy (non-hydrogen) atoms. The van der Waals surface area contributed by atoms with Crippen molar-refractivity contribution in [2.45, 2.75) is 0 Å². The Bertz CT molecular complexity index is 336. The zero-order valence-electron chi connectivity index (χ0n) is 8.61. The van der Waals surface area contributed by atoms with Crippen LogP contribution in [0.3, 0.4) is 0 Å². The maximum Gasteiger partial charge on any atom is 0.494 e. The molecular weight excluding hydrogens is 221 g/mol. The van der Waals surface area contributed by atoms with Crippen molar-refractivity contribution in [3.63, 3.8) is 0 Å². The van der Waals surface area contributed by atoms with Gasteiger partial charge in [-0.3, -0.25) is 0 Å². The summed E-state index contributed by atoms with van der Waals surface area (Å²) in [6.07, 6.45) is 0. The summed E-state index contributed by atoms with van der Waals surface area (Å²) in [6.45, 7) is 0.435. The van der Waals surface area contributed by atoms with Crippen molar-refractivity contribution in [2.24, 2.45) is 0 Å². The second-order valence-corrected chi connectivity index (χ2v) is 3.02. The fourth-order valence-electron chi connectivity index (χ4n) is 1.13. The first-order valence-corrected chi connectivity index (χ1v) is 4.53. The molecular formula is C9H11BF2O4. The highest BCUT2D eigenvalue weighted by atomic mass is 19.1. The number of halogens is 2. The first-order chi connectivity index (χ1) is 7.56. The molecule has 1 aromatic rings. The van der Waals surface area contributed by atoms with E-state index in [1.165, 1.54) is 7.11 Å². The zero-order valence-corrected chi connectivity index (χ0v) is 8.61. The van der Waals surface area contributed by atoms with Gasteiger partial charge in [-0.15, -0.1) is 0 Å². The van der Waals surface area contributed by atoms with E-state index < -0.39 is 24.2 Å². The molecule has 88 valence electrons. The molecule has 0 heterocycles. The van der Waals surface area contributed by atoms with Gasteiger partial charge in [-0.2, -0.15) is 0 Å². The van der Waals surface area contributed by atoms with Crippen LogP contribution in [0.15, 0.2) is 12.1 Å². The van der Waals surface area contributed by atoms with Crippen molar-refractivity contribution in [3.05, 3.63) is 23.8 Å². The zero-order chi connectivity index (χ0) is 12.1. The quantitative estimate of drug-likeness (QED) is 0.539. The topological polar surface area (TPSA) is 58.9 Å². The Hall–Kier alpha value is -1.18. The van der Waals surface area contributed by atoms with E-state index in [1.54, 1.807) is 0 Å². The third kappa shape index (κ3) is 3.16. The standard InChI is InChI=1S/C9H11BF2O4/c1-15-2-3-16-6-4-7(11)9(10(13)14)8(12)5-6/h4-5,13-14H,2-3H2,1H3. The molecule has 0 radical (unpaired) electrons. The molecule has 0 aromatic heterocycles. The maximum absolute atomic E-state index is 13.2. The average molecular weight is 232 g/mol. The Balaban J connectivity index is 2.83. The number of rotatable bonds is 5. The molecule has 0 unspecified atom stereocenters. The summed E-state index contributed by atoms with van der Waals surface area (Å²) in [4.78, 5) is 0. The third-order valence-electron chi connectivity index (χ3n) is 1.87. The van der Waals surface area contributed by atoms with Crippen LogP contribution in [0.25, 0.3) is 0 Å². The molecule has 0 saturated heterocycles. The van der Waals surface area contributed by atoms with Crippen LogP contribution in [-0.4, -0.2) is 37.5 Å². The lowest BCUT2D eigenvalue weighted by Gasteiger charge is -2.08. The van der Waals surface area contributed by atoms with Crippen LogP contribution >= 0.6 is 0 Å². The molecule has 0 aliphatic heterocycles. The van der Waals surface area contributed by atoms with Crippen LogP contribution in [0.2, 0.25) is 0 Å². The molecule has 0 spiro atoms. The summed E-state index contributed by atoms with van der Waals surface area (Å²) in [6, 6.07) is 1.76. The summed E-state index contributed by atoms with van der Waals surface area (Å²) >= 11 is 0. The summed E-state index contributed by atoms with van der Waals surface area (Å²) in [7, 11) is -0.719. The van der Waals surface area contributed by atoms with Crippen molar-refractivity contribution < 1.29 is 28.3 Å². The Morgan fingerprint density at radius 2 is 1.75 bits per heavy atom. The summed E-state index contributed by atoms with van der Waals surface area (Å²) in [5.74, 6) is -2.17. The lowest BCUT2D eigenvalue weighted by Crippen LogP contribution is -2.35. The van der Waals surface area contributed by atoms with E-state index in [9.17, 15) is 8.78 Å². The molecule has 0 amide bonds. The van der Waals surface area contributed by atoms with Crippen molar-refractivity contribution >= 4 is 12.6 Å². The van der Waals surface area contributed by atoms with Gasteiger partial charge in [-0.05, 0) is 0 Å².